The fourth-order valence-corrected chi connectivity index (χ4v) is 5.56. The Labute approximate surface area is 148 Å². The summed E-state index contributed by atoms with van der Waals surface area (Å²) >= 11 is 2.12. The topological polar surface area (TPSA) is 0 Å². The van der Waals surface area contributed by atoms with E-state index in [1.54, 1.807) is 10.5 Å². The SMILES string of the molecule is CCC[C@@H](C)C(CC)CC1c2ccc(C(C)CC)cc2SC1C. The van der Waals surface area contributed by atoms with Crippen molar-refractivity contribution in [3.63, 3.8) is 0 Å². The quantitative estimate of drug-likeness (QED) is 0.471. The van der Waals surface area contributed by atoms with Crippen LogP contribution in [0, 0.1) is 11.8 Å². The summed E-state index contributed by atoms with van der Waals surface area (Å²) in [6, 6.07) is 7.34. The van der Waals surface area contributed by atoms with E-state index in [0.717, 1.165) is 23.0 Å². The van der Waals surface area contributed by atoms with Gasteiger partial charge in [-0.05, 0) is 53.7 Å². The van der Waals surface area contributed by atoms with Gasteiger partial charge in [-0.2, -0.15) is 0 Å². The van der Waals surface area contributed by atoms with Crippen molar-refractivity contribution in [2.45, 2.75) is 95.6 Å². The van der Waals surface area contributed by atoms with Gasteiger partial charge in [0.1, 0.15) is 0 Å². The molecule has 0 aromatic heterocycles. The van der Waals surface area contributed by atoms with Gasteiger partial charge in [0, 0.05) is 10.1 Å². The first kappa shape index (κ1) is 18.9. The van der Waals surface area contributed by atoms with Crippen LogP contribution in [0.3, 0.4) is 0 Å². The second-order valence-corrected chi connectivity index (χ2v) is 9.13. The normalized spacial score (nSPS) is 24.3. The minimum atomic E-state index is 0.684. The zero-order valence-electron chi connectivity index (χ0n) is 16.1. The molecule has 1 aromatic rings. The Balaban J connectivity index is 2.16. The van der Waals surface area contributed by atoms with Gasteiger partial charge in [-0.25, -0.2) is 0 Å². The van der Waals surface area contributed by atoms with Crippen LogP contribution in [0.25, 0.3) is 0 Å². The van der Waals surface area contributed by atoms with E-state index < -0.39 is 0 Å². The molecule has 130 valence electrons. The fourth-order valence-electron chi connectivity index (χ4n) is 4.17. The fraction of sp³-hybridized carbons (Fsp3) is 0.727. The van der Waals surface area contributed by atoms with Gasteiger partial charge in [-0.3, -0.25) is 0 Å². The van der Waals surface area contributed by atoms with Crippen molar-refractivity contribution >= 4 is 11.8 Å². The summed E-state index contributed by atoms with van der Waals surface area (Å²) in [5.41, 5.74) is 3.16. The highest BCUT2D eigenvalue weighted by atomic mass is 32.2. The molecular weight excluding hydrogens is 296 g/mol. The van der Waals surface area contributed by atoms with E-state index in [9.17, 15) is 0 Å². The molecule has 0 radical (unpaired) electrons. The maximum absolute atomic E-state index is 2.49. The molecule has 1 aliphatic heterocycles. The first-order valence-electron chi connectivity index (χ1n) is 9.82. The third kappa shape index (κ3) is 4.35. The van der Waals surface area contributed by atoms with Crippen molar-refractivity contribution in [3.05, 3.63) is 29.3 Å². The summed E-state index contributed by atoms with van der Waals surface area (Å²) in [5.74, 6) is 3.18. The maximum atomic E-state index is 2.49. The van der Waals surface area contributed by atoms with Crippen LogP contribution in [0.1, 0.15) is 96.6 Å². The molecule has 1 aliphatic rings. The molecule has 5 atom stereocenters. The Kier molecular flexibility index (Phi) is 7.07. The molecule has 2 rings (SSSR count). The first-order valence-corrected chi connectivity index (χ1v) is 10.7. The Hall–Kier alpha value is -0.430. The summed E-state index contributed by atoms with van der Waals surface area (Å²) in [5, 5.41) is 0.736. The van der Waals surface area contributed by atoms with E-state index in [1.165, 1.54) is 37.7 Å². The van der Waals surface area contributed by atoms with E-state index in [4.69, 9.17) is 0 Å². The minimum absolute atomic E-state index is 0.684. The monoisotopic (exact) mass is 332 g/mol. The van der Waals surface area contributed by atoms with Crippen LogP contribution in [0.2, 0.25) is 0 Å². The molecule has 0 spiro atoms. The highest BCUT2D eigenvalue weighted by Crippen LogP contribution is 2.49. The lowest BCUT2D eigenvalue weighted by molar-refractivity contribution is 0.287. The molecular formula is C22H36S. The molecule has 0 aliphatic carbocycles. The number of rotatable bonds is 8. The minimum Gasteiger partial charge on any atom is -0.122 e. The molecule has 0 bridgehead atoms. The number of benzene rings is 1. The molecule has 1 heteroatoms. The summed E-state index contributed by atoms with van der Waals surface area (Å²) in [7, 11) is 0. The van der Waals surface area contributed by atoms with E-state index in [0.29, 0.717) is 5.92 Å². The smallest absolute Gasteiger partial charge is 0.0135 e. The van der Waals surface area contributed by atoms with Crippen molar-refractivity contribution in [2.75, 3.05) is 0 Å². The molecule has 0 nitrogen and oxygen atoms in total. The van der Waals surface area contributed by atoms with Gasteiger partial charge < -0.3 is 0 Å². The molecule has 0 amide bonds. The summed E-state index contributed by atoms with van der Waals surface area (Å²) in [6.45, 7) is 14.3. The standard InChI is InChI=1S/C22H36S/c1-7-10-16(5)18(9-3)13-21-17(6)23-22-14-19(15(4)8-2)11-12-20(21)22/h11-12,14-18,21H,7-10,13H2,1-6H3/t15?,16-,17?,18?,21?/m1/s1. The third-order valence-electron chi connectivity index (χ3n) is 6.13. The zero-order valence-corrected chi connectivity index (χ0v) is 16.9. The lowest BCUT2D eigenvalue weighted by Crippen LogP contribution is -2.17. The Morgan fingerprint density at radius 1 is 1.09 bits per heavy atom. The highest BCUT2D eigenvalue weighted by Gasteiger charge is 2.33. The van der Waals surface area contributed by atoms with Crippen LogP contribution < -0.4 is 0 Å². The number of fused-ring (bicyclic) bond motifs is 1. The van der Waals surface area contributed by atoms with Gasteiger partial charge in [0.2, 0.25) is 0 Å². The first-order chi connectivity index (χ1) is 11.0. The van der Waals surface area contributed by atoms with Crippen LogP contribution in [-0.2, 0) is 0 Å². The number of thioether (sulfide) groups is 1. The van der Waals surface area contributed by atoms with E-state index in [2.05, 4.69) is 71.5 Å². The lowest BCUT2D eigenvalue weighted by Gasteiger charge is -2.27. The van der Waals surface area contributed by atoms with E-state index in [1.807, 2.05) is 0 Å². The van der Waals surface area contributed by atoms with Gasteiger partial charge in [0.15, 0.2) is 0 Å². The molecule has 1 aromatic carbocycles. The molecule has 0 saturated heterocycles. The van der Waals surface area contributed by atoms with Crippen LogP contribution in [-0.4, -0.2) is 5.25 Å². The van der Waals surface area contributed by atoms with Crippen LogP contribution >= 0.6 is 11.8 Å². The van der Waals surface area contributed by atoms with Crippen LogP contribution in [0.5, 0.6) is 0 Å². The largest absolute Gasteiger partial charge is 0.122 e. The average Bonchev–Trinajstić information content (AvgIpc) is 2.86. The Morgan fingerprint density at radius 2 is 1.83 bits per heavy atom. The van der Waals surface area contributed by atoms with Gasteiger partial charge >= 0.3 is 0 Å². The summed E-state index contributed by atoms with van der Waals surface area (Å²) in [4.78, 5) is 1.57. The predicted octanol–water partition coefficient (Wildman–Crippen LogP) is 7.63. The van der Waals surface area contributed by atoms with Crippen molar-refractivity contribution in [2.24, 2.45) is 11.8 Å². The molecule has 1 heterocycles. The molecule has 0 saturated carbocycles. The number of hydrogen-bond donors (Lipinski definition) is 0. The summed E-state index contributed by atoms with van der Waals surface area (Å²) < 4.78 is 0. The van der Waals surface area contributed by atoms with Crippen molar-refractivity contribution in [3.8, 4) is 0 Å². The van der Waals surface area contributed by atoms with Crippen LogP contribution in [0.15, 0.2) is 23.1 Å². The van der Waals surface area contributed by atoms with Gasteiger partial charge in [-0.15, -0.1) is 11.8 Å². The lowest BCUT2D eigenvalue weighted by atomic mass is 9.78. The van der Waals surface area contributed by atoms with Crippen molar-refractivity contribution in [1.82, 2.24) is 0 Å². The molecule has 0 N–H and O–H groups in total. The van der Waals surface area contributed by atoms with E-state index in [-0.39, 0.29) is 0 Å². The average molecular weight is 333 g/mol. The predicted molar refractivity (Wildman–Crippen MR) is 106 cm³/mol. The molecule has 23 heavy (non-hydrogen) atoms. The van der Waals surface area contributed by atoms with Gasteiger partial charge in [0.05, 0.1) is 0 Å². The Bertz CT molecular complexity index is 493. The molecule has 0 fully saturated rings. The summed E-state index contributed by atoms with van der Waals surface area (Å²) in [6.07, 6.45) is 6.64. The second kappa shape index (κ2) is 8.60. The second-order valence-electron chi connectivity index (χ2n) is 7.71. The van der Waals surface area contributed by atoms with Crippen molar-refractivity contribution in [1.29, 1.82) is 0 Å². The zero-order chi connectivity index (χ0) is 17.0. The molecule has 4 unspecified atom stereocenters. The van der Waals surface area contributed by atoms with Crippen LogP contribution in [0.4, 0.5) is 0 Å². The van der Waals surface area contributed by atoms with Crippen molar-refractivity contribution < 1.29 is 0 Å². The highest BCUT2D eigenvalue weighted by molar-refractivity contribution is 8.00. The van der Waals surface area contributed by atoms with E-state index >= 15 is 0 Å². The van der Waals surface area contributed by atoms with Gasteiger partial charge in [-0.1, -0.05) is 72.9 Å². The number of hydrogen-bond acceptors (Lipinski definition) is 1. The Morgan fingerprint density at radius 3 is 2.43 bits per heavy atom. The van der Waals surface area contributed by atoms with Gasteiger partial charge in [0.25, 0.3) is 0 Å². The third-order valence-corrected chi connectivity index (χ3v) is 7.44. The maximum Gasteiger partial charge on any atom is 0.0135 e.